The summed E-state index contributed by atoms with van der Waals surface area (Å²) in [5, 5.41) is 20.8. The number of halogens is 2. The van der Waals surface area contributed by atoms with Crippen LogP contribution in [0.4, 0.5) is 15.9 Å². The summed E-state index contributed by atoms with van der Waals surface area (Å²) >= 11 is 6.80. The van der Waals surface area contributed by atoms with Crippen molar-refractivity contribution in [3.05, 3.63) is 61.0 Å². The highest BCUT2D eigenvalue weighted by atomic mass is 35.5. The number of carboxylic acids is 1. The van der Waals surface area contributed by atoms with E-state index in [4.69, 9.17) is 11.6 Å². The second-order valence-corrected chi connectivity index (χ2v) is 10.6. The maximum Gasteiger partial charge on any atom is 0.350 e. The molecule has 1 aliphatic carbocycles. The molecule has 2 aliphatic rings. The third-order valence-electron chi connectivity index (χ3n) is 7.56. The van der Waals surface area contributed by atoms with Gasteiger partial charge < -0.3 is 24.7 Å². The number of hydrogen-bond donors (Lipinski definition) is 1. The van der Waals surface area contributed by atoms with E-state index in [1.165, 1.54) is 13.1 Å². The van der Waals surface area contributed by atoms with Crippen LogP contribution in [0.25, 0.3) is 10.9 Å². The zero-order valence-corrected chi connectivity index (χ0v) is 22.0. The molecule has 2 fully saturated rings. The molecule has 3 aromatic rings. The molecule has 2 aromatic heterocycles. The minimum absolute atomic E-state index is 0.00879. The van der Waals surface area contributed by atoms with E-state index >= 15 is 4.39 Å². The van der Waals surface area contributed by atoms with Gasteiger partial charge in [-0.2, -0.15) is 0 Å². The van der Waals surface area contributed by atoms with Crippen LogP contribution in [0.3, 0.4) is 0 Å². The van der Waals surface area contributed by atoms with Gasteiger partial charge in [-0.25, -0.2) is 19.0 Å². The highest BCUT2D eigenvalue weighted by Gasteiger charge is 2.32. The third kappa shape index (κ3) is 5.00. The van der Waals surface area contributed by atoms with Crippen molar-refractivity contribution in [2.45, 2.75) is 57.9 Å². The predicted octanol–water partition coefficient (Wildman–Crippen LogP) is 4.97. The number of pyridine rings is 1. The summed E-state index contributed by atoms with van der Waals surface area (Å²) < 4.78 is 18.3. The van der Waals surface area contributed by atoms with Gasteiger partial charge in [0.1, 0.15) is 17.6 Å². The molecule has 1 atom stereocenters. The van der Waals surface area contributed by atoms with Gasteiger partial charge in [0.25, 0.3) is 0 Å². The molecule has 1 aliphatic heterocycles. The van der Waals surface area contributed by atoms with Crippen LogP contribution in [0.1, 0.15) is 72.0 Å². The fraction of sp³-hybridized carbons (Fsp3) is 0.462. The lowest BCUT2D eigenvalue weighted by atomic mass is 9.97. The highest BCUT2D eigenvalue weighted by Crippen LogP contribution is 2.42. The van der Waals surface area contributed by atoms with E-state index in [2.05, 4.69) is 4.98 Å². The van der Waals surface area contributed by atoms with Crippen molar-refractivity contribution in [3.8, 4) is 0 Å². The highest BCUT2D eigenvalue weighted by molar-refractivity contribution is 6.38. The minimum atomic E-state index is -1.38. The summed E-state index contributed by atoms with van der Waals surface area (Å²) in [7, 11) is 0. The molecule has 206 valence electrons. The van der Waals surface area contributed by atoms with E-state index in [1.807, 2.05) is 4.90 Å². The molecule has 1 saturated carbocycles. The molecule has 0 bridgehead atoms. The Labute approximate surface area is 226 Å². The first-order valence-corrected chi connectivity index (χ1v) is 13.2. The van der Waals surface area contributed by atoms with E-state index in [-0.39, 0.29) is 46.1 Å². The van der Waals surface area contributed by atoms with Crippen molar-refractivity contribution in [2.75, 3.05) is 18.0 Å². The average molecular weight is 560 g/mol. The average Bonchev–Trinajstić information content (AvgIpc) is 3.68. The Kier molecular flexibility index (Phi) is 7.15. The van der Waals surface area contributed by atoms with E-state index in [1.54, 1.807) is 4.57 Å². The van der Waals surface area contributed by atoms with Gasteiger partial charge in [-0.1, -0.05) is 18.0 Å². The molecule has 5 rings (SSSR count). The van der Waals surface area contributed by atoms with Gasteiger partial charge >= 0.3 is 17.7 Å². The zero-order valence-electron chi connectivity index (χ0n) is 21.2. The number of hydrogen-bond acceptors (Lipinski definition) is 7. The molecule has 1 N–H and O–H groups in total. The van der Waals surface area contributed by atoms with Crippen molar-refractivity contribution in [1.29, 1.82) is 0 Å². The number of rotatable bonds is 7. The van der Waals surface area contributed by atoms with E-state index < -0.39 is 33.6 Å². The molecule has 1 aromatic carbocycles. The smallest absolute Gasteiger partial charge is 0.350 e. The van der Waals surface area contributed by atoms with Crippen molar-refractivity contribution >= 4 is 45.9 Å². The number of nitro groups is 1. The van der Waals surface area contributed by atoms with Gasteiger partial charge in [0, 0.05) is 32.3 Å². The summed E-state index contributed by atoms with van der Waals surface area (Å²) in [5.74, 6) is -2.66. The lowest BCUT2D eigenvalue weighted by molar-refractivity contribution is -0.390. The molecule has 0 radical (unpaired) electrons. The van der Waals surface area contributed by atoms with Crippen LogP contribution >= 0.6 is 11.6 Å². The van der Waals surface area contributed by atoms with Crippen LogP contribution in [-0.4, -0.2) is 49.1 Å². The number of aryl methyl sites for hydroxylation is 1. The molecule has 1 saturated heterocycles. The number of anilines is 1. The summed E-state index contributed by atoms with van der Waals surface area (Å²) in [6, 6.07) is 1.06. The maximum absolute atomic E-state index is 15.6. The number of aromatic nitrogens is 3. The predicted molar refractivity (Wildman–Crippen MR) is 141 cm³/mol. The van der Waals surface area contributed by atoms with Crippen molar-refractivity contribution in [2.24, 2.45) is 5.92 Å². The molecule has 39 heavy (non-hydrogen) atoms. The van der Waals surface area contributed by atoms with Gasteiger partial charge in [0.2, 0.25) is 11.3 Å². The Morgan fingerprint density at radius 1 is 1.28 bits per heavy atom. The molecule has 0 unspecified atom stereocenters. The standard InChI is InChI=1S/C26H27ClFN5O6/c1-14-29-11-20(33(38)39)32(14)21(34)8-5-15-4-2-3-9-30(12-15)24-19(28)10-17-23(22(24)27)31(16-6-7-16)13-18(25(17)35)26(36)37/h10-11,13,15-16H,2-9,12H2,1H3,(H,36,37)/t15-/m1/s1. The monoisotopic (exact) mass is 559 g/mol. The number of aromatic carboxylic acids is 1. The van der Waals surface area contributed by atoms with E-state index in [0.717, 1.165) is 48.9 Å². The fourth-order valence-electron chi connectivity index (χ4n) is 5.49. The topological polar surface area (TPSA) is 141 Å². The van der Waals surface area contributed by atoms with Crippen LogP contribution in [0.5, 0.6) is 0 Å². The SMILES string of the molecule is Cc1ncc([N+](=O)[O-])n1C(=O)CC[C@H]1CCCCN(c2c(F)cc3c(=O)c(C(=O)O)cn(C4CC4)c3c2Cl)C1. The molecule has 0 amide bonds. The zero-order chi connectivity index (χ0) is 28.0. The Bertz CT molecular complexity index is 1560. The van der Waals surface area contributed by atoms with Crippen LogP contribution in [0.15, 0.2) is 23.3 Å². The third-order valence-corrected chi connectivity index (χ3v) is 7.92. The van der Waals surface area contributed by atoms with Gasteiger partial charge in [-0.3, -0.25) is 4.79 Å². The van der Waals surface area contributed by atoms with Gasteiger partial charge in [-0.05, 0) is 49.0 Å². The minimum Gasteiger partial charge on any atom is -0.477 e. The van der Waals surface area contributed by atoms with Crippen LogP contribution < -0.4 is 10.3 Å². The van der Waals surface area contributed by atoms with Gasteiger partial charge in [-0.15, -0.1) is 4.57 Å². The number of fused-ring (bicyclic) bond motifs is 1. The molecule has 11 nitrogen and oxygen atoms in total. The normalized spacial score (nSPS) is 17.8. The van der Waals surface area contributed by atoms with Crippen molar-refractivity contribution < 1.29 is 24.0 Å². The fourth-order valence-corrected chi connectivity index (χ4v) is 5.90. The number of carboxylic acid groups (broad SMARTS) is 1. The molecule has 13 heteroatoms. The number of carbonyl (C=O) groups excluding carboxylic acids is 1. The second-order valence-electron chi connectivity index (χ2n) is 10.2. The van der Waals surface area contributed by atoms with Crippen LogP contribution in [0.2, 0.25) is 5.02 Å². The Balaban J connectivity index is 1.45. The number of imidazole rings is 1. The molecule has 3 heterocycles. The van der Waals surface area contributed by atoms with E-state index in [0.29, 0.717) is 25.0 Å². The largest absolute Gasteiger partial charge is 0.477 e. The Morgan fingerprint density at radius 3 is 2.69 bits per heavy atom. The second kappa shape index (κ2) is 10.4. The van der Waals surface area contributed by atoms with Crippen molar-refractivity contribution in [3.63, 3.8) is 0 Å². The van der Waals surface area contributed by atoms with Gasteiger partial charge in [0.15, 0.2) is 0 Å². The summed E-state index contributed by atoms with van der Waals surface area (Å²) in [4.78, 5) is 53.8. The number of benzene rings is 1. The Hall–Kier alpha value is -3.80. The summed E-state index contributed by atoms with van der Waals surface area (Å²) in [6.45, 7) is 2.45. The lowest BCUT2D eigenvalue weighted by Crippen LogP contribution is -2.30. The first-order valence-electron chi connectivity index (χ1n) is 12.9. The molecule has 0 spiro atoms. The quantitative estimate of drug-likeness (QED) is 0.316. The van der Waals surface area contributed by atoms with Crippen molar-refractivity contribution in [1.82, 2.24) is 14.1 Å². The first kappa shape index (κ1) is 26.8. The van der Waals surface area contributed by atoms with E-state index in [9.17, 15) is 29.6 Å². The maximum atomic E-state index is 15.6. The van der Waals surface area contributed by atoms with Crippen LogP contribution in [0, 0.1) is 28.8 Å². The van der Waals surface area contributed by atoms with Gasteiger partial charge in [0.05, 0.1) is 28.0 Å². The Morgan fingerprint density at radius 2 is 2.03 bits per heavy atom. The number of nitrogens with zero attached hydrogens (tertiary/aromatic N) is 5. The number of carbonyl (C=O) groups is 2. The molecular weight excluding hydrogens is 533 g/mol. The summed E-state index contributed by atoms with van der Waals surface area (Å²) in [6.07, 6.45) is 6.85. The lowest BCUT2D eigenvalue weighted by Gasteiger charge is -2.28. The first-order chi connectivity index (χ1) is 18.6. The molecular formula is C26H27ClFN5O6. The van der Waals surface area contributed by atoms with Crippen LogP contribution in [-0.2, 0) is 0 Å². The summed E-state index contributed by atoms with van der Waals surface area (Å²) in [5.41, 5.74) is -0.729.